The molecular weight excluding hydrogens is 294 g/mol. The fourth-order valence-electron chi connectivity index (χ4n) is 2.38. The van der Waals surface area contributed by atoms with Crippen molar-refractivity contribution in [1.29, 1.82) is 0 Å². The maximum absolute atomic E-state index is 12.1. The van der Waals surface area contributed by atoms with Gasteiger partial charge in [-0.1, -0.05) is 6.42 Å². The number of piperidine rings is 1. The van der Waals surface area contributed by atoms with Crippen LogP contribution >= 0.6 is 0 Å². The second kappa shape index (κ2) is 8.67. The van der Waals surface area contributed by atoms with E-state index in [1.54, 1.807) is 0 Å². The van der Waals surface area contributed by atoms with Gasteiger partial charge < -0.3 is 9.64 Å². The van der Waals surface area contributed by atoms with Crippen molar-refractivity contribution in [1.82, 2.24) is 13.9 Å². The van der Waals surface area contributed by atoms with Gasteiger partial charge in [-0.2, -0.15) is 17.4 Å². The van der Waals surface area contributed by atoms with E-state index in [0.29, 0.717) is 6.54 Å². The lowest BCUT2D eigenvalue weighted by molar-refractivity contribution is -0.140. The zero-order chi connectivity index (χ0) is 15.9. The average molecular weight is 321 g/mol. The molecule has 1 aliphatic rings. The molecule has 1 rings (SSSR count). The molecule has 0 aromatic heterocycles. The van der Waals surface area contributed by atoms with Gasteiger partial charge in [0.2, 0.25) is 0 Å². The lowest BCUT2D eigenvalue weighted by atomic mass is 10.1. The smallest absolute Gasteiger partial charge is 0.306 e. The highest BCUT2D eigenvalue weighted by Crippen LogP contribution is 2.09. The zero-order valence-electron chi connectivity index (χ0n) is 13.2. The van der Waals surface area contributed by atoms with Gasteiger partial charge in [0.25, 0.3) is 10.2 Å². The number of hydrogen-bond acceptors (Lipinski definition) is 5. The molecule has 1 aliphatic heterocycles. The third-order valence-electron chi connectivity index (χ3n) is 3.60. The first kappa shape index (κ1) is 18.3. The molecule has 0 amide bonds. The van der Waals surface area contributed by atoms with E-state index in [1.165, 1.54) is 33.4 Å². The molecule has 1 saturated heterocycles. The van der Waals surface area contributed by atoms with Crippen molar-refractivity contribution in [2.24, 2.45) is 0 Å². The van der Waals surface area contributed by atoms with Crippen LogP contribution in [0, 0.1) is 0 Å². The molecule has 124 valence electrons. The van der Waals surface area contributed by atoms with Crippen molar-refractivity contribution >= 4 is 16.2 Å². The highest BCUT2D eigenvalue weighted by Gasteiger charge is 2.22. The van der Waals surface area contributed by atoms with Crippen molar-refractivity contribution in [2.45, 2.75) is 38.6 Å². The van der Waals surface area contributed by atoms with Crippen LogP contribution in [-0.2, 0) is 19.7 Å². The van der Waals surface area contributed by atoms with Crippen LogP contribution in [0.25, 0.3) is 0 Å². The maximum Gasteiger partial charge on any atom is 0.306 e. The Hall–Kier alpha value is -0.700. The van der Waals surface area contributed by atoms with Gasteiger partial charge in [-0.3, -0.25) is 4.79 Å². The molecular formula is C13H27N3O4S. The molecule has 0 saturated carbocycles. The molecule has 0 spiro atoms. The second-order valence-electron chi connectivity index (χ2n) is 5.53. The Kier molecular flexibility index (Phi) is 7.58. The third-order valence-corrected chi connectivity index (χ3v) is 5.30. The molecule has 0 radical (unpaired) electrons. The van der Waals surface area contributed by atoms with Gasteiger partial charge in [-0.15, -0.1) is 0 Å². The summed E-state index contributed by atoms with van der Waals surface area (Å²) in [6, 6.07) is -0.159. The summed E-state index contributed by atoms with van der Waals surface area (Å²) in [5.41, 5.74) is 0. The highest BCUT2D eigenvalue weighted by molar-refractivity contribution is 7.87. The minimum Gasteiger partial charge on any atom is -0.469 e. The van der Waals surface area contributed by atoms with Crippen molar-refractivity contribution < 1.29 is 17.9 Å². The number of likely N-dealkylation sites (tertiary alicyclic amines) is 1. The maximum atomic E-state index is 12.1. The monoisotopic (exact) mass is 321 g/mol. The van der Waals surface area contributed by atoms with Gasteiger partial charge >= 0.3 is 5.97 Å². The molecule has 7 nitrogen and oxygen atoms in total. The van der Waals surface area contributed by atoms with E-state index in [1.807, 2.05) is 6.92 Å². The Bertz CT molecular complexity index is 421. The summed E-state index contributed by atoms with van der Waals surface area (Å²) < 4.78 is 32.6. The number of carbonyl (C=O) groups is 1. The Labute approximate surface area is 127 Å². The first-order valence-corrected chi connectivity index (χ1v) is 8.82. The van der Waals surface area contributed by atoms with Gasteiger partial charge in [-0.25, -0.2) is 0 Å². The third kappa shape index (κ3) is 6.73. The van der Waals surface area contributed by atoms with E-state index in [4.69, 9.17) is 0 Å². The minimum atomic E-state index is -3.57. The number of carbonyl (C=O) groups excluding carboxylic acids is 1. The van der Waals surface area contributed by atoms with Crippen LogP contribution in [0.4, 0.5) is 0 Å². The van der Waals surface area contributed by atoms with E-state index < -0.39 is 16.2 Å². The van der Waals surface area contributed by atoms with Gasteiger partial charge in [-0.05, 0) is 32.9 Å². The lowest BCUT2D eigenvalue weighted by Gasteiger charge is -2.30. The Morgan fingerprint density at radius 1 is 1.33 bits per heavy atom. The van der Waals surface area contributed by atoms with Crippen LogP contribution in [0.5, 0.6) is 0 Å². The van der Waals surface area contributed by atoms with Crippen molar-refractivity contribution in [3.8, 4) is 0 Å². The zero-order valence-corrected chi connectivity index (χ0v) is 14.0. The van der Waals surface area contributed by atoms with Crippen LogP contribution in [-0.4, -0.2) is 70.0 Å². The molecule has 0 aromatic rings. The molecule has 1 heterocycles. The van der Waals surface area contributed by atoms with Crippen molar-refractivity contribution in [3.63, 3.8) is 0 Å². The number of ether oxygens (including phenoxy) is 1. The number of methoxy groups -OCH3 is 1. The molecule has 1 unspecified atom stereocenters. The average Bonchev–Trinajstić information content (AvgIpc) is 2.44. The van der Waals surface area contributed by atoms with Crippen LogP contribution in [0.2, 0.25) is 0 Å². The summed E-state index contributed by atoms with van der Waals surface area (Å²) in [5, 5.41) is 0. The standard InChI is InChI=1S/C13H27N3O4S/c1-12(11-16-8-5-4-6-9-16)14-21(18,19)15(2)10-7-13(17)20-3/h12,14H,4-11H2,1-3H3. The summed E-state index contributed by atoms with van der Waals surface area (Å²) >= 11 is 0. The van der Waals surface area contributed by atoms with E-state index >= 15 is 0 Å². The molecule has 0 bridgehead atoms. The van der Waals surface area contributed by atoms with Gasteiger partial charge in [0.05, 0.1) is 13.5 Å². The van der Waals surface area contributed by atoms with Crippen molar-refractivity contribution in [3.05, 3.63) is 0 Å². The number of rotatable bonds is 8. The highest BCUT2D eigenvalue weighted by atomic mass is 32.2. The topological polar surface area (TPSA) is 78.9 Å². The molecule has 1 fully saturated rings. The first-order valence-electron chi connectivity index (χ1n) is 7.38. The first-order chi connectivity index (χ1) is 9.85. The molecule has 1 N–H and O–H groups in total. The summed E-state index contributed by atoms with van der Waals surface area (Å²) in [7, 11) is -0.821. The summed E-state index contributed by atoms with van der Waals surface area (Å²) in [6.45, 7) is 4.75. The quantitative estimate of drug-likeness (QED) is 0.646. The minimum absolute atomic E-state index is 0.0500. The Balaban J connectivity index is 2.40. The van der Waals surface area contributed by atoms with E-state index in [9.17, 15) is 13.2 Å². The second-order valence-corrected chi connectivity index (χ2v) is 7.34. The van der Waals surface area contributed by atoms with E-state index in [0.717, 1.165) is 17.4 Å². The summed E-state index contributed by atoms with van der Waals surface area (Å²) in [5.74, 6) is -0.418. The molecule has 0 aliphatic carbocycles. The van der Waals surface area contributed by atoms with E-state index in [-0.39, 0.29) is 19.0 Å². The Morgan fingerprint density at radius 2 is 1.95 bits per heavy atom. The van der Waals surface area contributed by atoms with Crippen LogP contribution in [0.3, 0.4) is 0 Å². The van der Waals surface area contributed by atoms with Gasteiger partial charge in [0, 0.05) is 26.2 Å². The number of nitrogens with zero attached hydrogens (tertiary/aromatic N) is 2. The largest absolute Gasteiger partial charge is 0.469 e. The number of hydrogen-bond donors (Lipinski definition) is 1. The van der Waals surface area contributed by atoms with Crippen molar-refractivity contribution in [2.75, 3.05) is 40.3 Å². The number of nitrogens with one attached hydrogen (secondary N) is 1. The summed E-state index contributed by atoms with van der Waals surface area (Å²) in [6.07, 6.45) is 3.66. The SMILES string of the molecule is COC(=O)CCN(C)S(=O)(=O)NC(C)CN1CCCCC1. The van der Waals surface area contributed by atoms with Gasteiger partial charge in [0.15, 0.2) is 0 Å². The van der Waals surface area contributed by atoms with Crippen LogP contribution in [0.1, 0.15) is 32.6 Å². The molecule has 0 aromatic carbocycles. The molecule has 21 heavy (non-hydrogen) atoms. The van der Waals surface area contributed by atoms with Crippen LogP contribution in [0.15, 0.2) is 0 Å². The fraction of sp³-hybridized carbons (Fsp3) is 0.923. The summed E-state index contributed by atoms with van der Waals surface area (Å²) in [4.78, 5) is 13.3. The van der Waals surface area contributed by atoms with Crippen LogP contribution < -0.4 is 4.72 Å². The molecule has 8 heteroatoms. The van der Waals surface area contributed by atoms with Gasteiger partial charge in [0.1, 0.15) is 0 Å². The lowest BCUT2D eigenvalue weighted by Crippen LogP contribution is -2.48. The normalized spacial score (nSPS) is 18.7. The Morgan fingerprint density at radius 3 is 2.52 bits per heavy atom. The van der Waals surface area contributed by atoms with E-state index in [2.05, 4.69) is 14.4 Å². The predicted octanol–water partition coefficient (Wildman–Crippen LogP) is 0.190. The predicted molar refractivity (Wildman–Crippen MR) is 81.1 cm³/mol. The molecule has 1 atom stereocenters. The fourth-order valence-corrected chi connectivity index (χ4v) is 3.48. The number of esters is 1.